The fourth-order valence-corrected chi connectivity index (χ4v) is 2.25. The van der Waals surface area contributed by atoms with E-state index in [9.17, 15) is 14.4 Å². The molecule has 2 rings (SSSR count). The molecule has 0 atom stereocenters. The van der Waals surface area contributed by atoms with Crippen LogP contribution >= 0.6 is 15.9 Å². The van der Waals surface area contributed by atoms with Crippen molar-refractivity contribution in [2.45, 2.75) is 13.3 Å². The summed E-state index contributed by atoms with van der Waals surface area (Å²) >= 11 is 3.30. The van der Waals surface area contributed by atoms with Gasteiger partial charge in [0.2, 0.25) is 0 Å². The first-order valence-electron chi connectivity index (χ1n) is 8.20. The van der Waals surface area contributed by atoms with Crippen LogP contribution in [0, 0.1) is 0 Å². The summed E-state index contributed by atoms with van der Waals surface area (Å²) in [5.74, 6) is -0.0162. The maximum atomic E-state index is 11.7. The molecule has 0 saturated carbocycles. The number of amides is 2. The lowest BCUT2D eigenvalue weighted by molar-refractivity contribution is -0.131. The monoisotopic (exact) mass is 434 g/mol. The standard InChI is InChI=1S/C19H19BrN2O5/c1-2-17(23)13-3-7-15(8-4-13)26-11-18(24)21-22-19(25)12-27-16-9-5-14(20)6-10-16/h3-10H,2,11-12H2,1H3,(H,21,24)(H,22,25). The van der Waals surface area contributed by atoms with Gasteiger partial charge in [-0.25, -0.2) is 0 Å². The fourth-order valence-electron chi connectivity index (χ4n) is 1.98. The van der Waals surface area contributed by atoms with Crippen molar-refractivity contribution >= 4 is 33.5 Å². The molecule has 7 nitrogen and oxygen atoms in total. The maximum absolute atomic E-state index is 11.7. The molecule has 0 radical (unpaired) electrons. The van der Waals surface area contributed by atoms with Gasteiger partial charge in [0.1, 0.15) is 11.5 Å². The van der Waals surface area contributed by atoms with Crippen LogP contribution in [0.1, 0.15) is 23.7 Å². The highest BCUT2D eigenvalue weighted by Gasteiger charge is 2.07. The quantitative estimate of drug-likeness (QED) is 0.491. The Morgan fingerprint density at radius 2 is 1.26 bits per heavy atom. The van der Waals surface area contributed by atoms with Crippen molar-refractivity contribution < 1.29 is 23.9 Å². The summed E-state index contributed by atoms with van der Waals surface area (Å²) in [6.07, 6.45) is 0.424. The van der Waals surface area contributed by atoms with E-state index in [1.165, 1.54) is 0 Å². The van der Waals surface area contributed by atoms with Crippen molar-refractivity contribution in [1.82, 2.24) is 10.9 Å². The third-order valence-electron chi connectivity index (χ3n) is 3.39. The molecule has 0 aliphatic carbocycles. The molecule has 0 heterocycles. The predicted octanol–water partition coefficient (Wildman–Crippen LogP) is 2.65. The van der Waals surface area contributed by atoms with Crippen molar-refractivity contribution in [3.05, 3.63) is 58.6 Å². The minimum absolute atomic E-state index is 0.0346. The number of Topliss-reactive ketones (excluding diaryl/α,β-unsaturated/α-hetero) is 1. The van der Waals surface area contributed by atoms with Crippen molar-refractivity contribution in [1.29, 1.82) is 0 Å². The lowest BCUT2D eigenvalue weighted by atomic mass is 10.1. The zero-order valence-electron chi connectivity index (χ0n) is 14.7. The van der Waals surface area contributed by atoms with Crippen LogP contribution in [0.5, 0.6) is 11.5 Å². The molecule has 0 aromatic heterocycles. The van der Waals surface area contributed by atoms with Gasteiger partial charge in [0.15, 0.2) is 19.0 Å². The van der Waals surface area contributed by atoms with E-state index >= 15 is 0 Å². The van der Waals surface area contributed by atoms with Gasteiger partial charge in [0.05, 0.1) is 0 Å². The second-order valence-corrected chi connectivity index (χ2v) is 6.34. The smallest absolute Gasteiger partial charge is 0.276 e. The summed E-state index contributed by atoms with van der Waals surface area (Å²) in [4.78, 5) is 34.9. The molecule has 0 saturated heterocycles. The SMILES string of the molecule is CCC(=O)c1ccc(OCC(=O)NNC(=O)COc2ccc(Br)cc2)cc1. The highest BCUT2D eigenvalue weighted by molar-refractivity contribution is 9.10. The number of nitrogens with one attached hydrogen (secondary N) is 2. The molecular formula is C19H19BrN2O5. The molecule has 2 N–H and O–H groups in total. The molecule has 0 fully saturated rings. The first kappa shape index (κ1) is 20.4. The molecule has 0 spiro atoms. The van der Waals surface area contributed by atoms with Crippen molar-refractivity contribution in [2.24, 2.45) is 0 Å². The van der Waals surface area contributed by atoms with Gasteiger partial charge in [-0.2, -0.15) is 0 Å². The van der Waals surface area contributed by atoms with E-state index in [1.54, 1.807) is 55.5 Å². The summed E-state index contributed by atoms with van der Waals surface area (Å²) < 4.78 is 11.5. The number of ether oxygens (including phenoxy) is 2. The lowest BCUT2D eigenvalue weighted by Gasteiger charge is -2.10. The van der Waals surface area contributed by atoms with Gasteiger partial charge in [-0.15, -0.1) is 0 Å². The van der Waals surface area contributed by atoms with Crippen LogP contribution in [-0.4, -0.2) is 30.8 Å². The van der Waals surface area contributed by atoms with Crippen LogP contribution in [-0.2, 0) is 9.59 Å². The van der Waals surface area contributed by atoms with Gasteiger partial charge in [-0.1, -0.05) is 22.9 Å². The Morgan fingerprint density at radius 3 is 1.70 bits per heavy atom. The summed E-state index contributed by atoms with van der Waals surface area (Å²) in [6, 6.07) is 13.5. The Hall–Kier alpha value is -2.87. The Morgan fingerprint density at radius 1 is 0.815 bits per heavy atom. The van der Waals surface area contributed by atoms with Gasteiger partial charge >= 0.3 is 0 Å². The third-order valence-corrected chi connectivity index (χ3v) is 3.92. The Balaban J connectivity index is 1.67. The second kappa shape index (κ2) is 10.3. The van der Waals surface area contributed by atoms with Gasteiger partial charge in [0, 0.05) is 16.5 Å². The Labute approximate surface area is 165 Å². The summed E-state index contributed by atoms with van der Waals surface area (Å²) in [6.45, 7) is 1.26. The number of benzene rings is 2. The maximum Gasteiger partial charge on any atom is 0.276 e. The van der Waals surface area contributed by atoms with Crippen LogP contribution in [0.15, 0.2) is 53.0 Å². The van der Waals surface area contributed by atoms with E-state index in [4.69, 9.17) is 9.47 Å². The van der Waals surface area contributed by atoms with Crippen molar-refractivity contribution in [2.75, 3.05) is 13.2 Å². The number of ketones is 1. The molecule has 2 aromatic rings. The van der Waals surface area contributed by atoms with Crippen LogP contribution in [0.2, 0.25) is 0 Å². The van der Waals surface area contributed by atoms with Gasteiger partial charge in [-0.3, -0.25) is 25.2 Å². The average Bonchev–Trinajstić information content (AvgIpc) is 2.70. The number of hydrazine groups is 1. The zero-order valence-corrected chi connectivity index (χ0v) is 16.2. The number of hydrogen-bond acceptors (Lipinski definition) is 5. The van der Waals surface area contributed by atoms with Crippen LogP contribution in [0.4, 0.5) is 0 Å². The van der Waals surface area contributed by atoms with E-state index in [2.05, 4.69) is 26.8 Å². The number of rotatable bonds is 8. The normalized spacial score (nSPS) is 10.0. The summed E-state index contributed by atoms with van der Waals surface area (Å²) in [5, 5.41) is 0. The average molecular weight is 435 g/mol. The molecule has 0 aliphatic rings. The summed E-state index contributed by atoms with van der Waals surface area (Å²) in [5.41, 5.74) is 5.06. The van der Waals surface area contributed by atoms with Crippen LogP contribution in [0.25, 0.3) is 0 Å². The minimum atomic E-state index is -0.527. The molecular weight excluding hydrogens is 416 g/mol. The lowest BCUT2D eigenvalue weighted by Crippen LogP contribution is -2.45. The topological polar surface area (TPSA) is 93.7 Å². The molecule has 0 aliphatic heterocycles. The molecule has 0 bridgehead atoms. The molecule has 0 unspecified atom stereocenters. The number of carbonyl (C=O) groups is 3. The summed E-state index contributed by atoms with van der Waals surface area (Å²) in [7, 11) is 0. The number of carbonyl (C=O) groups excluding carboxylic acids is 3. The molecule has 8 heteroatoms. The van der Waals surface area contributed by atoms with Crippen molar-refractivity contribution in [3.8, 4) is 11.5 Å². The van der Waals surface area contributed by atoms with E-state index in [1.807, 2.05) is 0 Å². The van der Waals surface area contributed by atoms with E-state index < -0.39 is 11.8 Å². The third kappa shape index (κ3) is 7.10. The number of hydrogen-bond donors (Lipinski definition) is 2. The first-order valence-corrected chi connectivity index (χ1v) is 8.99. The van der Waals surface area contributed by atoms with E-state index in [0.29, 0.717) is 23.5 Å². The molecule has 27 heavy (non-hydrogen) atoms. The van der Waals surface area contributed by atoms with Gasteiger partial charge in [0.25, 0.3) is 11.8 Å². The van der Waals surface area contributed by atoms with Crippen LogP contribution in [0.3, 0.4) is 0 Å². The Bertz CT molecular complexity index is 791. The van der Waals surface area contributed by atoms with Gasteiger partial charge < -0.3 is 9.47 Å². The minimum Gasteiger partial charge on any atom is -0.484 e. The predicted molar refractivity (Wildman–Crippen MR) is 102 cm³/mol. The van der Waals surface area contributed by atoms with Gasteiger partial charge in [-0.05, 0) is 48.5 Å². The van der Waals surface area contributed by atoms with Crippen molar-refractivity contribution in [3.63, 3.8) is 0 Å². The molecule has 2 aromatic carbocycles. The Kier molecular flexibility index (Phi) is 7.81. The highest BCUT2D eigenvalue weighted by atomic mass is 79.9. The highest BCUT2D eigenvalue weighted by Crippen LogP contribution is 2.16. The van der Waals surface area contributed by atoms with E-state index in [0.717, 1.165) is 4.47 Å². The van der Waals surface area contributed by atoms with E-state index in [-0.39, 0.29) is 19.0 Å². The zero-order chi connectivity index (χ0) is 19.6. The molecule has 142 valence electrons. The number of halogens is 1. The first-order chi connectivity index (χ1) is 13.0. The second-order valence-electron chi connectivity index (χ2n) is 5.43. The van der Waals surface area contributed by atoms with Crippen LogP contribution < -0.4 is 20.3 Å². The fraction of sp³-hybridized carbons (Fsp3) is 0.211. The largest absolute Gasteiger partial charge is 0.484 e. The molecule has 2 amide bonds.